The zero-order valence-electron chi connectivity index (χ0n) is 7.37. The lowest BCUT2D eigenvalue weighted by atomic mass is 10.2. The van der Waals surface area contributed by atoms with Crippen molar-refractivity contribution in [1.29, 1.82) is 5.41 Å². The molecule has 1 heterocycles. The Morgan fingerprint density at radius 2 is 2.31 bits per heavy atom. The number of aliphatic carboxylic acids is 1. The van der Waals surface area contributed by atoms with Crippen molar-refractivity contribution < 1.29 is 9.90 Å². The van der Waals surface area contributed by atoms with Gasteiger partial charge in [-0.1, -0.05) is 6.08 Å². The molecule has 1 aliphatic rings. The third-order valence-corrected chi connectivity index (χ3v) is 1.04. The van der Waals surface area contributed by atoms with Crippen LogP contribution in [0.5, 0.6) is 0 Å². The highest BCUT2D eigenvalue weighted by Crippen LogP contribution is 1.97. The Balaban J connectivity index is 0.000000310. The number of amidine groups is 1. The molecule has 0 atom stereocenters. The lowest BCUT2D eigenvalue weighted by molar-refractivity contribution is -0.132. The van der Waals surface area contributed by atoms with Gasteiger partial charge >= 0.3 is 5.97 Å². The second kappa shape index (κ2) is 5.82. The molecule has 5 nitrogen and oxygen atoms in total. The number of dihydropyridines is 1. The van der Waals surface area contributed by atoms with Crippen LogP contribution in [0, 0.1) is 5.41 Å². The standard InChI is InChI=1S/C6H7NO2.C2H6N2/c8-6(9)5-2-1-3-7-4-5;1-2(3)4/h1-2,4,7H,3H2,(H,8,9);1H3,(H3,3,4). The molecule has 0 bridgehead atoms. The molecule has 0 radical (unpaired) electrons. The molecule has 5 N–H and O–H groups in total. The van der Waals surface area contributed by atoms with Crippen molar-refractivity contribution in [1.82, 2.24) is 5.32 Å². The first-order chi connectivity index (χ1) is 6.04. The number of carboxylic acid groups (broad SMARTS) is 1. The van der Waals surface area contributed by atoms with E-state index in [9.17, 15) is 4.79 Å². The lowest BCUT2D eigenvalue weighted by Crippen LogP contribution is -2.12. The SMILES string of the molecule is CC(=N)N.O=C(O)C1=CNCC=C1. The monoisotopic (exact) mass is 183 g/mol. The highest BCUT2D eigenvalue weighted by molar-refractivity contribution is 5.89. The summed E-state index contributed by atoms with van der Waals surface area (Å²) < 4.78 is 0. The van der Waals surface area contributed by atoms with E-state index in [1.807, 2.05) is 0 Å². The van der Waals surface area contributed by atoms with Gasteiger partial charge in [0.1, 0.15) is 0 Å². The molecule has 72 valence electrons. The molecule has 0 aliphatic carbocycles. The van der Waals surface area contributed by atoms with E-state index in [0.717, 1.165) is 6.54 Å². The highest BCUT2D eigenvalue weighted by Gasteiger charge is 2.03. The van der Waals surface area contributed by atoms with Crippen molar-refractivity contribution in [2.24, 2.45) is 5.73 Å². The van der Waals surface area contributed by atoms with E-state index < -0.39 is 5.97 Å². The average Bonchev–Trinajstić information content (AvgIpc) is 2.05. The van der Waals surface area contributed by atoms with E-state index in [2.05, 4.69) is 5.32 Å². The van der Waals surface area contributed by atoms with Gasteiger partial charge < -0.3 is 16.2 Å². The van der Waals surface area contributed by atoms with Gasteiger partial charge in [-0.2, -0.15) is 0 Å². The number of nitrogens with one attached hydrogen (secondary N) is 2. The summed E-state index contributed by atoms with van der Waals surface area (Å²) in [6.45, 7) is 2.25. The van der Waals surface area contributed by atoms with Crippen LogP contribution in [0.15, 0.2) is 23.9 Å². The zero-order valence-corrected chi connectivity index (χ0v) is 7.37. The lowest BCUT2D eigenvalue weighted by Gasteiger charge is -2.02. The Morgan fingerprint density at radius 1 is 1.77 bits per heavy atom. The van der Waals surface area contributed by atoms with Crippen molar-refractivity contribution in [2.75, 3.05) is 6.54 Å². The fourth-order valence-corrected chi connectivity index (χ4v) is 0.604. The first-order valence-electron chi connectivity index (χ1n) is 3.68. The Hall–Kier alpha value is -1.78. The summed E-state index contributed by atoms with van der Waals surface area (Å²) in [4.78, 5) is 10.2. The Labute approximate surface area is 76.4 Å². The zero-order chi connectivity index (χ0) is 10.3. The first-order valence-corrected chi connectivity index (χ1v) is 3.68. The van der Waals surface area contributed by atoms with Gasteiger partial charge in [-0.25, -0.2) is 4.79 Å². The maximum atomic E-state index is 10.2. The van der Waals surface area contributed by atoms with E-state index in [-0.39, 0.29) is 5.84 Å². The van der Waals surface area contributed by atoms with Crippen LogP contribution in [0.25, 0.3) is 0 Å². The van der Waals surface area contributed by atoms with E-state index in [0.29, 0.717) is 5.57 Å². The molecule has 0 aromatic heterocycles. The molecule has 13 heavy (non-hydrogen) atoms. The van der Waals surface area contributed by atoms with Crippen molar-refractivity contribution in [3.8, 4) is 0 Å². The minimum Gasteiger partial charge on any atom is -0.478 e. The van der Waals surface area contributed by atoms with Crippen LogP contribution in [-0.4, -0.2) is 23.5 Å². The van der Waals surface area contributed by atoms with Gasteiger partial charge in [0.25, 0.3) is 0 Å². The van der Waals surface area contributed by atoms with Crippen LogP contribution in [0.1, 0.15) is 6.92 Å². The van der Waals surface area contributed by atoms with Crippen LogP contribution in [0.4, 0.5) is 0 Å². The van der Waals surface area contributed by atoms with Gasteiger partial charge in [0.05, 0.1) is 11.4 Å². The Morgan fingerprint density at radius 3 is 2.54 bits per heavy atom. The predicted molar refractivity (Wildman–Crippen MR) is 50.4 cm³/mol. The van der Waals surface area contributed by atoms with Crippen LogP contribution in [-0.2, 0) is 4.79 Å². The van der Waals surface area contributed by atoms with Gasteiger partial charge in [0.15, 0.2) is 0 Å². The Kier molecular flexibility index (Phi) is 5.02. The van der Waals surface area contributed by atoms with Crippen LogP contribution in [0.3, 0.4) is 0 Å². The number of rotatable bonds is 1. The quantitative estimate of drug-likeness (QED) is 0.341. The summed E-state index contributed by atoms with van der Waals surface area (Å²) in [5.41, 5.74) is 5.00. The molecule has 0 aromatic rings. The van der Waals surface area contributed by atoms with E-state index >= 15 is 0 Å². The van der Waals surface area contributed by atoms with E-state index in [1.165, 1.54) is 13.1 Å². The predicted octanol–water partition coefficient (Wildman–Crippen LogP) is 0.0566. The second-order valence-electron chi connectivity index (χ2n) is 2.40. The number of nitrogens with two attached hydrogens (primary N) is 1. The number of carboxylic acids is 1. The number of hydrogen-bond donors (Lipinski definition) is 4. The third-order valence-electron chi connectivity index (χ3n) is 1.04. The average molecular weight is 183 g/mol. The fourth-order valence-electron chi connectivity index (χ4n) is 0.604. The molecule has 1 rings (SSSR count). The van der Waals surface area contributed by atoms with Crippen LogP contribution in [0.2, 0.25) is 0 Å². The van der Waals surface area contributed by atoms with E-state index in [1.54, 1.807) is 12.2 Å². The minimum atomic E-state index is -0.890. The van der Waals surface area contributed by atoms with Gasteiger partial charge in [0, 0.05) is 12.7 Å². The molecular formula is C8H13N3O2. The molecule has 0 aromatic carbocycles. The second-order valence-corrected chi connectivity index (χ2v) is 2.40. The van der Waals surface area contributed by atoms with Crippen LogP contribution < -0.4 is 11.1 Å². The maximum absolute atomic E-state index is 10.2. The smallest absolute Gasteiger partial charge is 0.337 e. The first kappa shape index (κ1) is 11.2. The van der Waals surface area contributed by atoms with Crippen molar-refractivity contribution in [3.05, 3.63) is 23.9 Å². The summed E-state index contributed by atoms with van der Waals surface area (Å²) in [5.74, 6) is -0.724. The molecule has 0 fully saturated rings. The van der Waals surface area contributed by atoms with E-state index in [4.69, 9.17) is 16.2 Å². The Bertz CT molecular complexity index is 252. The summed E-state index contributed by atoms with van der Waals surface area (Å²) in [6, 6.07) is 0. The van der Waals surface area contributed by atoms with Crippen LogP contribution >= 0.6 is 0 Å². The molecule has 0 saturated heterocycles. The molecule has 0 spiro atoms. The van der Waals surface area contributed by atoms with Gasteiger partial charge in [-0.05, 0) is 13.0 Å². The minimum absolute atomic E-state index is 0.167. The largest absolute Gasteiger partial charge is 0.478 e. The van der Waals surface area contributed by atoms with Crippen molar-refractivity contribution in [2.45, 2.75) is 6.92 Å². The van der Waals surface area contributed by atoms with Crippen molar-refractivity contribution >= 4 is 11.8 Å². The fraction of sp³-hybridized carbons (Fsp3) is 0.250. The molecule has 0 saturated carbocycles. The van der Waals surface area contributed by atoms with Gasteiger partial charge in [0.2, 0.25) is 0 Å². The molecular weight excluding hydrogens is 170 g/mol. The maximum Gasteiger partial charge on any atom is 0.337 e. The summed E-state index contributed by atoms with van der Waals surface area (Å²) in [7, 11) is 0. The normalized spacial score (nSPS) is 13.2. The summed E-state index contributed by atoms with van der Waals surface area (Å²) in [5, 5.41) is 17.4. The van der Waals surface area contributed by atoms with Gasteiger partial charge in [-0.15, -0.1) is 0 Å². The molecule has 1 aliphatic heterocycles. The molecule has 5 heteroatoms. The number of carbonyl (C=O) groups is 1. The molecule has 0 amide bonds. The summed E-state index contributed by atoms with van der Waals surface area (Å²) >= 11 is 0. The van der Waals surface area contributed by atoms with Crippen molar-refractivity contribution in [3.63, 3.8) is 0 Å². The molecule has 0 unspecified atom stereocenters. The van der Waals surface area contributed by atoms with Gasteiger partial charge in [-0.3, -0.25) is 5.41 Å². The topological polar surface area (TPSA) is 99.2 Å². The summed E-state index contributed by atoms with van der Waals surface area (Å²) in [6.07, 6.45) is 4.84. The third kappa shape index (κ3) is 6.61. The number of hydrogen-bond acceptors (Lipinski definition) is 3. The highest BCUT2D eigenvalue weighted by atomic mass is 16.4.